The van der Waals surface area contributed by atoms with Crippen LogP contribution in [0.2, 0.25) is 0 Å². The van der Waals surface area contributed by atoms with Crippen LogP contribution in [-0.4, -0.2) is 37.1 Å². The molecule has 0 bridgehead atoms. The van der Waals surface area contributed by atoms with E-state index in [1.165, 1.54) is 0 Å². The lowest BCUT2D eigenvalue weighted by Crippen LogP contribution is -2.32. The zero-order valence-corrected chi connectivity index (χ0v) is 7.71. The van der Waals surface area contributed by atoms with E-state index in [9.17, 15) is 4.79 Å². The zero-order valence-electron chi connectivity index (χ0n) is 7.71. The molecule has 0 unspecified atom stereocenters. The van der Waals surface area contributed by atoms with E-state index in [4.69, 9.17) is 4.74 Å². The largest absolute Gasteiger partial charge is 0.380 e. The molecule has 1 fully saturated rings. The molecule has 3 heteroatoms. The summed E-state index contributed by atoms with van der Waals surface area (Å²) in [6, 6.07) is 0. The van der Waals surface area contributed by atoms with Gasteiger partial charge in [-0.1, -0.05) is 6.92 Å². The fraction of sp³-hybridized carbons (Fsp3) is 0.889. The number of ether oxygens (including phenoxy) is 1. The molecule has 12 heavy (non-hydrogen) atoms. The van der Waals surface area contributed by atoms with Crippen molar-refractivity contribution in [3.63, 3.8) is 0 Å². The first-order valence-corrected chi connectivity index (χ1v) is 4.70. The van der Waals surface area contributed by atoms with Crippen LogP contribution in [0, 0.1) is 0 Å². The molecule has 1 saturated heterocycles. The number of hydrogen-bond donors (Lipinski definition) is 0. The third-order valence-corrected chi connectivity index (χ3v) is 2.04. The molecule has 0 atom stereocenters. The second-order valence-electron chi connectivity index (χ2n) is 3.10. The van der Waals surface area contributed by atoms with Crippen molar-refractivity contribution >= 4 is 5.91 Å². The summed E-state index contributed by atoms with van der Waals surface area (Å²) in [5.74, 6) is 0.281. The summed E-state index contributed by atoms with van der Waals surface area (Å²) >= 11 is 0. The van der Waals surface area contributed by atoms with E-state index in [0.717, 1.165) is 32.5 Å². The number of hydrogen-bond acceptors (Lipinski definition) is 2. The molecule has 0 aromatic rings. The average molecular weight is 171 g/mol. The van der Waals surface area contributed by atoms with Gasteiger partial charge in [-0.2, -0.15) is 0 Å². The van der Waals surface area contributed by atoms with Gasteiger partial charge in [0.25, 0.3) is 0 Å². The topological polar surface area (TPSA) is 29.5 Å². The van der Waals surface area contributed by atoms with Crippen molar-refractivity contribution in [2.24, 2.45) is 0 Å². The quantitative estimate of drug-likeness (QED) is 0.621. The first-order valence-electron chi connectivity index (χ1n) is 4.70. The van der Waals surface area contributed by atoms with Crippen molar-refractivity contribution in [1.82, 2.24) is 4.90 Å². The highest BCUT2D eigenvalue weighted by Gasteiger charge is 2.13. The molecule has 1 amide bonds. The Morgan fingerprint density at radius 2 is 2.25 bits per heavy atom. The third kappa shape index (κ3) is 2.81. The predicted molar refractivity (Wildman–Crippen MR) is 46.9 cm³/mol. The molecular formula is C9H17NO2. The van der Waals surface area contributed by atoms with E-state index >= 15 is 0 Å². The highest BCUT2D eigenvalue weighted by Crippen LogP contribution is 2.02. The van der Waals surface area contributed by atoms with Crippen LogP contribution < -0.4 is 0 Å². The van der Waals surface area contributed by atoms with Gasteiger partial charge in [0.05, 0.1) is 6.61 Å². The van der Waals surface area contributed by atoms with E-state index in [2.05, 4.69) is 0 Å². The van der Waals surface area contributed by atoms with Crippen molar-refractivity contribution in [2.75, 3.05) is 26.3 Å². The van der Waals surface area contributed by atoms with Gasteiger partial charge >= 0.3 is 0 Å². The molecule has 3 nitrogen and oxygen atoms in total. The van der Waals surface area contributed by atoms with Crippen molar-refractivity contribution in [3.8, 4) is 0 Å². The van der Waals surface area contributed by atoms with Crippen LogP contribution in [0.25, 0.3) is 0 Å². The molecule has 1 aliphatic rings. The first kappa shape index (κ1) is 9.52. The van der Waals surface area contributed by atoms with Crippen LogP contribution in [0.3, 0.4) is 0 Å². The first-order chi connectivity index (χ1) is 5.84. The van der Waals surface area contributed by atoms with Gasteiger partial charge in [0.1, 0.15) is 0 Å². The number of carbonyl (C=O) groups is 1. The molecule has 70 valence electrons. The van der Waals surface area contributed by atoms with Crippen LogP contribution in [-0.2, 0) is 9.53 Å². The summed E-state index contributed by atoms with van der Waals surface area (Å²) in [6.45, 7) is 5.19. The lowest BCUT2D eigenvalue weighted by molar-refractivity contribution is -0.131. The summed E-state index contributed by atoms with van der Waals surface area (Å²) in [6.07, 6.45) is 2.60. The second-order valence-corrected chi connectivity index (χ2v) is 3.10. The fourth-order valence-corrected chi connectivity index (χ4v) is 1.37. The van der Waals surface area contributed by atoms with E-state index in [0.29, 0.717) is 13.0 Å². The third-order valence-electron chi connectivity index (χ3n) is 2.04. The van der Waals surface area contributed by atoms with Crippen molar-refractivity contribution in [1.29, 1.82) is 0 Å². The van der Waals surface area contributed by atoms with Crippen molar-refractivity contribution < 1.29 is 9.53 Å². The Kier molecular flexibility index (Phi) is 4.08. The lowest BCUT2D eigenvalue weighted by Gasteiger charge is -2.18. The van der Waals surface area contributed by atoms with E-state index < -0.39 is 0 Å². The minimum atomic E-state index is 0.281. The zero-order chi connectivity index (χ0) is 8.81. The molecular weight excluding hydrogens is 154 g/mol. The van der Waals surface area contributed by atoms with Gasteiger partial charge in [0.15, 0.2) is 0 Å². The van der Waals surface area contributed by atoms with Crippen LogP contribution in [0.1, 0.15) is 26.2 Å². The maximum atomic E-state index is 11.4. The second kappa shape index (κ2) is 5.14. The van der Waals surface area contributed by atoms with E-state index in [1.54, 1.807) is 0 Å². The number of nitrogens with zero attached hydrogens (tertiary/aromatic N) is 1. The molecule has 0 saturated carbocycles. The Hall–Kier alpha value is -0.570. The highest BCUT2D eigenvalue weighted by molar-refractivity contribution is 5.76. The summed E-state index contributed by atoms with van der Waals surface area (Å²) in [7, 11) is 0. The lowest BCUT2D eigenvalue weighted by atomic mass is 10.3. The normalized spacial score (nSPS) is 18.9. The fourth-order valence-electron chi connectivity index (χ4n) is 1.37. The Bertz CT molecular complexity index is 139. The van der Waals surface area contributed by atoms with Gasteiger partial charge in [-0.05, 0) is 12.8 Å². The van der Waals surface area contributed by atoms with Gasteiger partial charge in [-0.3, -0.25) is 4.79 Å². The molecule has 0 aliphatic carbocycles. The molecule has 0 radical (unpaired) electrons. The van der Waals surface area contributed by atoms with Gasteiger partial charge in [-0.25, -0.2) is 0 Å². The summed E-state index contributed by atoms with van der Waals surface area (Å²) in [5, 5.41) is 0. The van der Waals surface area contributed by atoms with Crippen LogP contribution in [0.4, 0.5) is 0 Å². The molecule has 1 heterocycles. The Balaban J connectivity index is 2.32. The minimum absolute atomic E-state index is 0.281. The number of rotatable bonds is 2. The Labute approximate surface area is 73.7 Å². The van der Waals surface area contributed by atoms with E-state index in [-0.39, 0.29) is 5.91 Å². The molecule has 0 spiro atoms. The summed E-state index contributed by atoms with van der Waals surface area (Å²) < 4.78 is 5.26. The highest BCUT2D eigenvalue weighted by atomic mass is 16.5. The van der Waals surface area contributed by atoms with Crippen LogP contribution >= 0.6 is 0 Å². The molecule has 0 aromatic carbocycles. The Morgan fingerprint density at radius 1 is 1.42 bits per heavy atom. The van der Waals surface area contributed by atoms with Gasteiger partial charge < -0.3 is 9.64 Å². The van der Waals surface area contributed by atoms with E-state index in [1.807, 2.05) is 11.8 Å². The van der Waals surface area contributed by atoms with Gasteiger partial charge in [0, 0.05) is 26.1 Å². The predicted octanol–water partition coefficient (Wildman–Crippen LogP) is 1.04. The minimum Gasteiger partial charge on any atom is -0.380 e. The standard InChI is InChI=1S/C9H17NO2/c1-2-4-9(11)10-5-3-7-12-8-6-10/h2-8H2,1H3. The number of amides is 1. The average Bonchev–Trinajstić information content (AvgIpc) is 2.32. The Morgan fingerprint density at radius 3 is 3.00 bits per heavy atom. The van der Waals surface area contributed by atoms with Crippen LogP contribution in [0.5, 0.6) is 0 Å². The SMILES string of the molecule is CCCC(=O)N1CCCOCC1. The van der Waals surface area contributed by atoms with Gasteiger partial charge in [0.2, 0.25) is 5.91 Å². The monoisotopic (exact) mass is 171 g/mol. The molecule has 0 N–H and O–H groups in total. The molecule has 1 rings (SSSR count). The summed E-state index contributed by atoms with van der Waals surface area (Å²) in [5.41, 5.74) is 0. The van der Waals surface area contributed by atoms with Crippen molar-refractivity contribution in [3.05, 3.63) is 0 Å². The molecule has 0 aromatic heterocycles. The smallest absolute Gasteiger partial charge is 0.222 e. The molecule has 1 aliphatic heterocycles. The summed E-state index contributed by atoms with van der Waals surface area (Å²) in [4.78, 5) is 13.3. The van der Waals surface area contributed by atoms with Crippen LogP contribution in [0.15, 0.2) is 0 Å². The maximum Gasteiger partial charge on any atom is 0.222 e. The maximum absolute atomic E-state index is 11.4. The van der Waals surface area contributed by atoms with Crippen molar-refractivity contribution in [2.45, 2.75) is 26.2 Å². The van der Waals surface area contributed by atoms with Gasteiger partial charge in [-0.15, -0.1) is 0 Å². The number of carbonyl (C=O) groups excluding carboxylic acids is 1.